The highest BCUT2D eigenvalue weighted by molar-refractivity contribution is 6.33. The van der Waals surface area contributed by atoms with Crippen LogP contribution in [0.25, 0.3) is 0 Å². The highest BCUT2D eigenvalue weighted by atomic mass is 35.5. The molecule has 0 bridgehead atoms. The van der Waals surface area contributed by atoms with Gasteiger partial charge in [-0.1, -0.05) is 29.3 Å². The summed E-state index contributed by atoms with van der Waals surface area (Å²) in [6.45, 7) is 1.32. The van der Waals surface area contributed by atoms with E-state index >= 15 is 0 Å². The third-order valence-corrected chi connectivity index (χ3v) is 3.52. The summed E-state index contributed by atoms with van der Waals surface area (Å²) >= 11 is 11.5. The molecule has 4 nitrogen and oxygen atoms in total. The first-order valence-electron chi connectivity index (χ1n) is 6.70. The largest absolute Gasteiger partial charge is 0.449 e. The average Bonchev–Trinajstić information content (AvgIpc) is 2.50. The molecule has 2 aromatic carbocycles. The SMILES string of the molecule is CC(OC(=O)c1cc(F)c(F)cc1Cl)C(=O)Nc1cccc(Cl)c1. The second-order valence-corrected chi connectivity index (χ2v) is 5.64. The summed E-state index contributed by atoms with van der Waals surface area (Å²) in [5.74, 6) is -4.11. The summed E-state index contributed by atoms with van der Waals surface area (Å²) < 4.78 is 31.1. The maximum Gasteiger partial charge on any atom is 0.340 e. The van der Waals surface area contributed by atoms with Crippen molar-refractivity contribution in [1.29, 1.82) is 0 Å². The van der Waals surface area contributed by atoms with Gasteiger partial charge in [0.1, 0.15) is 0 Å². The van der Waals surface area contributed by atoms with Gasteiger partial charge in [0.15, 0.2) is 17.7 Å². The molecule has 1 unspecified atom stereocenters. The Bertz CT molecular complexity index is 799. The maximum absolute atomic E-state index is 13.2. The molecule has 24 heavy (non-hydrogen) atoms. The molecule has 0 spiro atoms. The van der Waals surface area contributed by atoms with Crippen molar-refractivity contribution in [1.82, 2.24) is 0 Å². The molecule has 126 valence electrons. The van der Waals surface area contributed by atoms with E-state index in [1.165, 1.54) is 13.0 Å². The van der Waals surface area contributed by atoms with Crippen molar-refractivity contribution >= 4 is 40.8 Å². The quantitative estimate of drug-likeness (QED) is 0.635. The Morgan fingerprint density at radius 1 is 1.12 bits per heavy atom. The predicted molar refractivity (Wildman–Crippen MR) is 86.3 cm³/mol. The molecule has 0 aliphatic rings. The summed E-state index contributed by atoms with van der Waals surface area (Å²) in [7, 11) is 0. The van der Waals surface area contributed by atoms with Gasteiger partial charge < -0.3 is 10.1 Å². The van der Waals surface area contributed by atoms with Gasteiger partial charge in [0.05, 0.1) is 10.6 Å². The van der Waals surface area contributed by atoms with Crippen LogP contribution in [0.4, 0.5) is 14.5 Å². The third kappa shape index (κ3) is 4.43. The fraction of sp³-hybridized carbons (Fsp3) is 0.125. The fourth-order valence-electron chi connectivity index (χ4n) is 1.77. The van der Waals surface area contributed by atoms with Crippen LogP contribution in [0.5, 0.6) is 0 Å². The van der Waals surface area contributed by atoms with Crippen LogP contribution >= 0.6 is 23.2 Å². The van der Waals surface area contributed by atoms with E-state index in [4.69, 9.17) is 27.9 Å². The van der Waals surface area contributed by atoms with E-state index in [0.717, 1.165) is 0 Å². The van der Waals surface area contributed by atoms with Gasteiger partial charge in [-0.15, -0.1) is 0 Å². The number of carbonyl (C=O) groups is 2. The van der Waals surface area contributed by atoms with Crippen molar-refractivity contribution < 1.29 is 23.1 Å². The van der Waals surface area contributed by atoms with E-state index in [0.29, 0.717) is 22.8 Å². The van der Waals surface area contributed by atoms with Crippen molar-refractivity contribution in [3.05, 3.63) is 63.6 Å². The van der Waals surface area contributed by atoms with Gasteiger partial charge in [-0.25, -0.2) is 13.6 Å². The summed E-state index contributed by atoms with van der Waals surface area (Å²) in [5, 5.41) is 2.61. The van der Waals surface area contributed by atoms with E-state index in [-0.39, 0.29) is 10.6 Å². The smallest absolute Gasteiger partial charge is 0.340 e. The number of hydrogen-bond acceptors (Lipinski definition) is 3. The Kier molecular flexibility index (Phi) is 5.75. The summed E-state index contributed by atoms with van der Waals surface area (Å²) in [6, 6.07) is 7.65. The Hall–Kier alpha value is -2.18. The molecule has 2 aromatic rings. The van der Waals surface area contributed by atoms with E-state index < -0.39 is 29.6 Å². The monoisotopic (exact) mass is 373 g/mol. The van der Waals surface area contributed by atoms with E-state index in [9.17, 15) is 18.4 Å². The molecule has 0 heterocycles. The van der Waals surface area contributed by atoms with Gasteiger partial charge >= 0.3 is 5.97 Å². The molecular formula is C16H11Cl2F2NO3. The van der Waals surface area contributed by atoms with Crippen LogP contribution in [0.1, 0.15) is 17.3 Å². The first-order valence-corrected chi connectivity index (χ1v) is 7.45. The standard InChI is InChI=1S/C16H11Cl2F2NO3/c1-8(15(22)21-10-4-2-3-9(17)5-10)24-16(23)11-6-13(19)14(20)7-12(11)18/h2-8H,1H3,(H,21,22). The molecule has 1 atom stereocenters. The van der Waals surface area contributed by atoms with Crippen LogP contribution in [0.3, 0.4) is 0 Å². The molecule has 0 aliphatic carbocycles. The minimum absolute atomic E-state index is 0.318. The first-order chi connectivity index (χ1) is 11.3. The van der Waals surface area contributed by atoms with E-state index in [1.807, 2.05) is 0 Å². The van der Waals surface area contributed by atoms with Crippen LogP contribution in [-0.2, 0) is 9.53 Å². The number of benzene rings is 2. The van der Waals surface area contributed by atoms with E-state index in [1.54, 1.807) is 18.2 Å². The first kappa shape index (κ1) is 18.2. The summed E-state index contributed by atoms with van der Waals surface area (Å²) in [6.07, 6.45) is -1.19. The molecule has 0 aromatic heterocycles. The van der Waals surface area contributed by atoms with Crippen molar-refractivity contribution in [3.8, 4) is 0 Å². The van der Waals surface area contributed by atoms with Gasteiger partial charge in [0.2, 0.25) is 0 Å². The zero-order valence-electron chi connectivity index (χ0n) is 12.3. The maximum atomic E-state index is 13.2. The van der Waals surface area contributed by atoms with Crippen LogP contribution in [0, 0.1) is 11.6 Å². The number of rotatable bonds is 4. The summed E-state index contributed by atoms with van der Waals surface area (Å²) in [4.78, 5) is 24.0. The second-order valence-electron chi connectivity index (χ2n) is 4.79. The number of esters is 1. The Morgan fingerprint density at radius 3 is 2.46 bits per heavy atom. The van der Waals surface area contributed by atoms with Gasteiger partial charge in [-0.3, -0.25) is 4.79 Å². The van der Waals surface area contributed by atoms with Gasteiger partial charge in [-0.2, -0.15) is 0 Å². The number of carbonyl (C=O) groups excluding carboxylic acids is 2. The lowest BCUT2D eigenvalue weighted by atomic mass is 10.2. The lowest BCUT2D eigenvalue weighted by Crippen LogP contribution is -2.30. The number of ether oxygens (including phenoxy) is 1. The molecule has 2 rings (SSSR count). The third-order valence-electron chi connectivity index (χ3n) is 2.98. The van der Waals surface area contributed by atoms with Gasteiger partial charge in [0, 0.05) is 10.7 Å². The van der Waals surface area contributed by atoms with Crippen LogP contribution in [-0.4, -0.2) is 18.0 Å². The van der Waals surface area contributed by atoms with Crippen molar-refractivity contribution in [2.75, 3.05) is 5.32 Å². The number of hydrogen-bond donors (Lipinski definition) is 1. The highest BCUT2D eigenvalue weighted by Gasteiger charge is 2.22. The molecule has 0 radical (unpaired) electrons. The average molecular weight is 374 g/mol. The van der Waals surface area contributed by atoms with Crippen LogP contribution in [0.2, 0.25) is 10.0 Å². The molecule has 0 saturated heterocycles. The Labute approximate surface area is 146 Å². The molecule has 1 amide bonds. The molecule has 0 aliphatic heterocycles. The Morgan fingerprint density at radius 2 is 1.79 bits per heavy atom. The summed E-state index contributed by atoms with van der Waals surface area (Å²) in [5.41, 5.74) is 0.0410. The van der Waals surface area contributed by atoms with Crippen LogP contribution in [0.15, 0.2) is 36.4 Å². The van der Waals surface area contributed by atoms with Crippen molar-refractivity contribution in [2.45, 2.75) is 13.0 Å². The molecular weight excluding hydrogens is 363 g/mol. The topological polar surface area (TPSA) is 55.4 Å². The lowest BCUT2D eigenvalue weighted by Gasteiger charge is -2.14. The van der Waals surface area contributed by atoms with Crippen molar-refractivity contribution in [3.63, 3.8) is 0 Å². The minimum Gasteiger partial charge on any atom is -0.449 e. The molecule has 1 N–H and O–H groups in total. The van der Waals surface area contributed by atoms with Crippen LogP contribution < -0.4 is 5.32 Å². The lowest BCUT2D eigenvalue weighted by molar-refractivity contribution is -0.123. The molecule has 8 heteroatoms. The fourth-order valence-corrected chi connectivity index (χ4v) is 2.18. The number of nitrogens with one attached hydrogen (secondary N) is 1. The highest BCUT2D eigenvalue weighted by Crippen LogP contribution is 2.21. The zero-order chi connectivity index (χ0) is 17.9. The Balaban J connectivity index is 2.06. The van der Waals surface area contributed by atoms with Gasteiger partial charge in [-0.05, 0) is 37.3 Å². The van der Waals surface area contributed by atoms with Crippen molar-refractivity contribution in [2.24, 2.45) is 0 Å². The van der Waals surface area contributed by atoms with E-state index in [2.05, 4.69) is 5.32 Å². The predicted octanol–water partition coefficient (Wildman–Crippen LogP) is 4.46. The number of anilines is 1. The molecule has 0 fully saturated rings. The number of amides is 1. The normalized spacial score (nSPS) is 11.7. The second kappa shape index (κ2) is 7.59. The van der Waals surface area contributed by atoms with Gasteiger partial charge in [0.25, 0.3) is 5.91 Å². The zero-order valence-corrected chi connectivity index (χ0v) is 13.8. The minimum atomic E-state index is -1.25. The molecule has 0 saturated carbocycles. The number of halogens is 4.